The van der Waals surface area contributed by atoms with E-state index in [9.17, 15) is 4.79 Å². The number of benzene rings is 1. The van der Waals surface area contributed by atoms with Crippen LogP contribution in [0.25, 0.3) is 0 Å². The smallest absolute Gasteiger partial charge is 0.257 e. The lowest BCUT2D eigenvalue weighted by Gasteiger charge is -2.36. The summed E-state index contributed by atoms with van der Waals surface area (Å²) in [5, 5.41) is 0. The molecule has 138 valence electrons. The van der Waals surface area contributed by atoms with E-state index in [4.69, 9.17) is 9.15 Å². The van der Waals surface area contributed by atoms with Crippen LogP contribution in [0.5, 0.6) is 5.75 Å². The van der Waals surface area contributed by atoms with Gasteiger partial charge in [-0.1, -0.05) is 17.7 Å². The topological polar surface area (TPSA) is 45.9 Å². The SMILES string of the molecule is Cc1ccc(OCc2occc2C(=O)N2CC3CCC2CN(C)C3)cc1. The number of likely N-dealkylation sites (N-methyl/N-ethyl adjacent to an activating group) is 1. The molecule has 4 heterocycles. The average molecular weight is 354 g/mol. The summed E-state index contributed by atoms with van der Waals surface area (Å²) in [7, 11) is 2.15. The lowest BCUT2D eigenvalue weighted by molar-refractivity contribution is 0.0582. The molecule has 1 aromatic heterocycles. The second kappa shape index (κ2) is 7.16. The summed E-state index contributed by atoms with van der Waals surface area (Å²) in [6.07, 6.45) is 3.89. The first-order chi connectivity index (χ1) is 12.6. The van der Waals surface area contributed by atoms with E-state index >= 15 is 0 Å². The van der Waals surface area contributed by atoms with Gasteiger partial charge in [0.15, 0.2) is 5.76 Å². The molecule has 1 aromatic carbocycles. The molecular formula is C21H26N2O3. The van der Waals surface area contributed by atoms with Crippen LogP contribution in [0.2, 0.25) is 0 Å². The Kier molecular flexibility index (Phi) is 4.72. The third-order valence-corrected chi connectivity index (χ3v) is 5.52. The fourth-order valence-corrected chi connectivity index (χ4v) is 4.15. The number of ether oxygens (including phenoxy) is 1. The van der Waals surface area contributed by atoms with Crippen molar-refractivity contribution in [2.24, 2.45) is 5.92 Å². The third-order valence-electron chi connectivity index (χ3n) is 5.52. The molecule has 2 aromatic rings. The minimum Gasteiger partial charge on any atom is -0.486 e. The Bertz CT molecular complexity index is 768. The number of fused-ring (bicyclic) bond motifs is 4. The molecule has 3 fully saturated rings. The van der Waals surface area contributed by atoms with E-state index in [1.165, 1.54) is 12.0 Å². The van der Waals surface area contributed by atoms with Crippen LogP contribution in [0.3, 0.4) is 0 Å². The van der Waals surface area contributed by atoms with Crippen LogP contribution in [0.4, 0.5) is 0 Å². The molecule has 0 radical (unpaired) electrons. The Labute approximate surface area is 154 Å². The number of furan rings is 1. The summed E-state index contributed by atoms with van der Waals surface area (Å²) >= 11 is 0. The molecule has 0 aliphatic carbocycles. The molecule has 0 saturated carbocycles. The summed E-state index contributed by atoms with van der Waals surface area (Å²) in [6, 6.07) is 9.96. The highest BCUT2D eigenvalue weighted by Crippen LogP contribution is 2.29. The minimum absolute atomic E-state index is 0.0752. The van der Waals surface area contributed by atoms with Crippen LogP contribution in [0.15, 0.2) is 41.0 Å². The molecular weight excluding hydrogens is 328 g/mol. The molecule has 2 bridgehead atoms. The Hall–Kier alpha value is -2.27. The van der Waals surface area contributed by atoms with Crippen molar-refractivity contribution in [1.82, 2.24) is 9.80 Å². The monoisotopic (exact) mass is 354 g/mol. The van der Waals surface area contributed by atoms with Gasteiger partial charge in [-0.3, -0.25) is 4.79 Å². The Morgan fingerprint density at radius 3 is 2.77 bits per heavy atom. The standard InChI is InChI=1S/C21H26N2O3/c1-15-3-7-18(8-4-15)26-14-20-19(9-10-25-20)21(24)23-12-16-5-6-17(23)13-22(2)11-16/h3-4,7-10,16-17H,5-6,11-14H2,1-2H3. The zero-order chi connectivity index (χ0) is 18.1. The van der Waals surface area contributed by atoms with Crippen molar-refractivity contribution >= 4 is 5.91 Å². The number of piperidine rings is 1. The molecule has 26 heavy (non-hydrogen) atoms. The first kappa shape index (κ1) is 17.2. The number of aryl methyl sites for hydroxylation is 1. The number of hydrogen-bond acceptors (Lipinski definition) is 4. The predicted octanol–water partition coefficient (Wildman–Crippen LogP) is 3.33. The molecule has 5 rings (SSSR count). The van der Waals surface area contributed by atoms with Crippen molar-refractivity contribution in [2.75, 3.05) is 26.7 Å². The molecule has 3 aliphatic heterocycles. The van der Waals surface area contributed by atoms with Gasteiger partial charge in [-0.15, -0.1) is 0 Å². The van der Waals surface area contributed by atoms with Crippen LogP contribution < -0.4 is 4.74 Å². The first-order valence-corrected chi connectivity index (χ1v) is 9.35. The van der Waals surface area contributed by atoms with E-state index in [1.54, 1.807) is 12.3 Å². The molecule has 0 N–H and O–H groups in total. The highest BCUT2D eigenvalue weighted by molar-refractivity contribution is 5.95. The van der Waals surface area contributed by atoms with Gasteiger partial charge in [0, 0.05) is 25.7 Å². The molecule has 2 atom stereocenters. The minimum atomic E-state index is 0.0752. The average Bonchev–Trinajstić information content (AvgIpc) is 2.95. The Balaban J connectivity index is 1.47. The lowest BCUT2D eigenvalue weighted by atomic mass is 9.94. The number of carbonyl (C=O) groups excluding carboxylic acids is 1. The number of carbonyl (C=O) groups is 1. The fourth-order valence-electron chi connectivity index (χ4n) is 4.15. The molecule has 3 aliphatic rings. The Morgan fingerprint density at radius 2 is 1.96 bits per heavy atom. The molecule has 1 amide bonds. The van der Waals surface area contributed by atoms with Gasteiger partial charge in [-0.2, -0.15) is 0 Å². The third kappa shape index (κ3) is 3.49. The van der Waals surface area contributed by atoms with Crippen LogP contribution in [0.1, 0.15) is 34.5 Å². The largest absolute Gasteiger partial charge is 0.486 e. The van der Waals surface area contributed by atoms with E-state index in [0.717, 1.165) is 31.8 Å². The van der Waals surface area contributed by atoms with Crippen molar-refractivity contribution in [2.45, 2.75) is 32.4 Å². The van der Waals surface area contributed by atoms with Crippen LogP contribution in [-0.4, -0.2) is 48.4 Å². The maximum Gasteiger partial charge on any atom is 0.257 e. The number of rotatable bonds is 4. The van der Waals surface area contributed by atoms with Gasteiger partial charge < -0.3 is 19.0 Å². The van der Waals surface area contributed by atoms with Crippen molar-refractivity contribution in [3.05, 3.63) is 53.5 Å². The number of hydrogen-bond donors (Lipinski definition) is 0. The van der Waals surface area contributed by atoms with Gasteiger partial charge in [-0.05, 0) is 50.9 Å². The molecule has 3 saturated heterocycles. The van der Waals surface area contributed by atoms with Gasteiger partial charge in [0.2, 0.25) is 0 Å². The molecule has 0 spiro atoms. The number of nitrogens with zero attached hydrogens (tertiary/aromatic N) is 2. The van der Waals surface area contributed by atoms with E-state index in [1.807, 2.05) is 31.2 Å². The number of amides is 1. The van der Waals surface area contributed by atoms with Crippen LogP contribution in [0, 0.1) is 12.8 Å². The summed E-state index contributed by atoms with van der Waals surface area (Å²) in [5.74, 6) is 2.03. The van der Waals surface area contributed by atoms with Gasteiger partial charge in [0.25, 0.3) is 5.91 Å². The molecule has 5 heteroatoms. The maximum absolute atomic E-state index is 13.2. The summed E-state index contributed by atoms with van der Waals surface area (Å²) in [6.45, 7) is 5.18. The zero-order valence-electron chi connectivity index (χ0n) is 15.5. The van der Waals surface area contributed by atoms with Crippen molar-refractivity contribution in [3.63, 3.8) is 0 Å². The van der Waals surface area contributed by atoms with Crippen molar-refractivity contribution in [3.8, 4) is 5.75 Å². The van der Waals surface area contributed by atoms with E-state index in [-0.39, 0.29) is 12.5 Å². The van der Waals surface area contributed by atoms with Gasteiger partial charge >= 0.3 is 0 Å². The van der Waals surface area contributed by atoms with Gasteiger partial charge in [-0.25, -0.2) is 0 Å². The summed E-state index contributed by atoms with van der Waals surface area (Å²) in [4.78, 5) is 17.6. The lowest BCUT2D eigenvalue weighted by Crippen LogP contribution is -2.47. The summed E-state index contributed by atoms with van der Waals surface area (Å²) < 4.78 is 11.4. The second-order valence-electron chi connectivity index (χ2n) is 7.64. The zero-order valence-corrected chi connectivity index (χ0v) is 15.5. The van der Waals surface area contributed by atoms with Crippen molar-refractivity contribution in [1.29, 1.82) is 0 Å². The van der Waals surface area contributed by atoms with Gasteiger partial charge in [0.05, 0.1) is 11.8 Å². The van der Waals surface area contributed by atoms with Gasteiger partial charge in [0.1, 0.15) is 12.4 Å². The summed E-state index contributed by atoms with van der Waals surface area (Å²) in [5.41, 5.74) is 1.82. The Morgan fingerprint density at radius 1 is 1.15 bits per heavy atom. The van der Waals surface area contributed by atoms with E-state index < -0.39 is 0 Å². The first-order valence-electron chi connectivity index (χ1n) is 9.35. The highest BCUT2D eigenvalue weighted by atomic mass is 16.5. The highest BCUT2D eigenvalue weighted by Gasteiger charge is 2.37. The van der Waals surface area contributed by atoms with E-state index in [0.29, 0.717) is 23.3 Å². The van der Waals surface area contributed by atoms with Crippen LogP contribution in [-0.2, 0) is 6.61 Å². The molecule has 2 unspecified atom stereocenters. The van der Waals surface area contributed by atoms with E-state index in [2.05, 4.69) is 16.8 Å². The normalized spacial score (nSPS) is 23.1. The van der Waals surface area contributed by atoms with Crippen molar-refractivity contribution < 1.29 is 13.9 Å². The maximum atomic E-state index is 13.2. The molecule has 5 nitrogen and oxygen atoms in total. The second-order valence-corrected chi connectivity index (χ2v) is 7.64. The quantitative estimate of drug-likeness (QED) is 0.845. The van der Waals surface area contributed by atoms with Crippen LogP contribution >= 0.6 is 0 Å². The predicted molar refractivity (Wildman–Crippen MR) is 99.3 cm³/mol. The fraction of sp³-hybridized carbons (Fsp3) is 0.476.